The number of nitrogens with zero attached hydrogens (tertiary/aromatic N) is 3. The highest BCUT2D eigenvalue weighted by Gasteiger charge is 2.32. The number of aryl methyl sites for hydroxylation is 2. The molecule has 9 heteroatoms. The molecule has 0 unspecified atom stereocenters. The van der Waals surface area contributed by atoms with Crippen LogP contribution in [0.1, 0.15) is 60.1 Å². The third-order valence-electron chi connectivity index (χ3n) is 6.67. The van der Waals surface area contributed by atoms with Crippen molar-refractivity contribution in [2.45, 2.75) is 66.2 Å². The van der Waals surface area contributed by atoms with Crippen LogP contribution in [0.5, 0.6) is 0 Å². The Morgan fingerprint density at radius 3 is 2.60 bits per heavy atom. The van der Waals surface area contributed by atoms with Crippen LogP contribution in [0.15, 0.2) is 27.8 Å². The number of aliphatic hydroxyl groups excluding tert-OH is 1. The minimum absolute atomic E-state index is 0.110. The molecule has 35 heavy (non-hydrogen) atoms. The van der Waals surface area contributed by atoms with Crippen LogP contribution < -0.4 is 11.2 Å². The summed E-state index contributed by atoms with van der Waals surface area (Å²) in [5, 5.41) is 17.4. The lowest BCUT2D eigenvalue weighted by atomic mass is 9.97. The Labute approximate surface area is 205 Å². The molecule has 3 heterocycles. The van der Waals surface area contributed by atoms with Crippen molar-refractivity contribution in [1.82, 2.24) is 19.3 Å². The average molecular weight is 497 g/mol. The normalized spacial score (nSPS) is 13.9. The second-order valence-corrected chi connectivity index (χ2v) is 10.9. The third-order valence-corrected chi connectivity index (χ3v) is 7.89. The molecular weight excluding hydrogens is 467 g/mol. The number of fused-ring (bicyclic) bond motifs is 1. The van der Waals surface area contributed by atoms with Gasteiger partial charge in [-0.2, -0.15) is 5.10 Å². The molecule has 1 aliphatic carbocycles. The van der Waals surface area contributed by atoms with Crippen LogP contribution in [0.25, 0.3) is 21.3 Å². The predicted octanol–water partition coefficient (Wildman–Crippen LogP) is 4.44. The highest BCUT2D eigenvalue weighted by Crippen LogP contribution is 2.41. The molecule has 0 bridgehead atoms. The van der Waals surface area contributed by atoms with Crippen LogP contribution in [-0.4, -0.2) is 24.4 Å². The van der Waals surface area contributed by atoms with Gasteiger partial charge in [0.1, 0.15) is 10.6 Å². The van der Waals surface area contributed by atoms with E-state index in [0.717, 1.165) is 34.7 Å². The third kappa shape index (κ3) is 3.96. The molecule has 0 aliphatic heterocycles. The number of thiophene rings is 1. The Kier molecular flexibility index (Phi) is 6.01. The SMILES string of the molecule is Cc1n[nH]c(C)c1Cc1sc2c(c1-c1cccc(CO)c1F)c(=O)n(C1CC1)c(=O)n2CC(C)C. The Morgan fingerprint density at radius 2 is 2.00 bits per heavy atom. The summed E-state index contributed by atoms with van der Waals surface area (Å²) >= 11 is 1.37. The molecule has 3 aromatic heterocycles. The Bertz CT molecular complexity index is 1540. The number of H-pyrrole nitrogens is 1. The highest BCUT2D eigenvalue weighted by atomic mass is 32.1. The number of hydrogen-bond donors (Lipinski definition) is 2. The quantitative estimate of drug-likeness (QED) is 0.396. The van der Waals surface area contributed by atoms with E-state index in [2.05, 4.69) is 10.2 Å². The van der Waals surface area contributed by atoms with Crippen molar-refractivity contribution in [3.8, 4) is 11.1 Å². The van der Waals surface area contributed by atoms with E-state index >= 15 is 4.39 Å². The number of aliphatic hydroxyl groups is 1. The first kappa shape index (κ1) is 23.7. The number of nitrogens with one attached hydrogen (secondary N) is 1. The molecule has 0 amide bonds. The fourth-order valence-electron chi connectivity index (χ4n) is 4.76. The topological polar surface area (TPSA) is 92.9 Å². The van der Waals surface area contributed by atoms with Crippen LogP contribution >= 0.6 is 11.3 Å². The lowest BCUT2D eigenvalue weighted by molar-refractivity contribution is 0.276. The van der Waals surface area contributed by atoms with Gasteiger partial charge in [-0.15, -0.1) is 11.3 Å². The summed E-state index contributed by atoms with van der Waals surface area (Å²) in [5.41, 5.74) is 3.02. The van der Waals surface area contributed by atoms with Gasteiger partial charge in [0.15, 0.2) is 0 Å². The van der Waals surface area contributed by atoms with Crippen molar-refractivity contribution in [1.29, 1.82) is 0 Å². The van der Waals surface area contributed by atoms with Gasteiger partial charge in [-0.25, -0.2) is 9.18 Å². The van der Waals surface area contributed by atoms with Crippen molar-refractivity contribution in [3.63, 3.8) is 0 Å². The molecule has 2 N–H and O–H groups in total. The van der Waals surface area contributed by atoms with E-state index < -0.39 is 12.4 Å². The maximum absolute atomic E-state index is 15.6. The van der Waals surface area contributed by atoms with Gasteiger partial charge in [0.05, 0.1) is 17.7 Å². The molecule has 0 saturated heterocycles. The summed E-state index contributed by atoms with van der Waals surface area (Å²) in [4.78, 5) is 28.7. The summed E-state index contributed by atoms with van der Waals surface area (Å²) in [7, 11) is 0. The van der Waals surface area contributed by atoms with Gasteiger partial charge in [-0.05, 0) is 32.6 Å². The molecule has 5 rings (SSSR count). The summed E-state index contributed by atoms with van der Waals surface area (Å²) in [6.07, 6.45) is 2.03. The number of aromatic nitrogens is 4. The van der Waals surface area contributed by atoms with Crippen molar-refractivity contribution in [3.05, 3.63) is 72.2 Å². The van der Waals surface area contributed by atoms with Crippen LogP contribution in [0, 0.1) is 25.6 Å². The maximum atomic E-state index is 15.6. The zero-order valence-electron chi connectivity index (χ0n) is 20.3. The van der Waals surface area contributed by atoms with Crippen LogP contribution in [0.4, 0.5) is 4.39 Å². The van der Waals surface area contributed by atoms with Crippen molar-refractivity contribution >= 4 is 21.6 Å². The van der Waals surface area contributed by atoms with Crippen molar-refractivity contribution < 1.29 is 9.50 Å². The molecule has 1 aromatic carbocycles. The number of rotatable bonds is 7. The monoisotopic (exact) mass is 496 g/mol. The van der Waals surface area contributed by atoms with Crippen LogP contribution in [0.3, 0.4) is 0 Å². The maximum Gasteiger partial charge on any atom is 0.332 e. The summed E-state index contributed by atoms with van der Waals surface area (Å²) in [6.45, 7) is 7.93. The van der Waals surface area contributed by atoms with E-state index in [0.29, 0.717) is 28.7 Å². The first-order valence-corrected chi connectivity index (χ1v) is 12.7. The first-order valence-electron chi connectivity index (χ1n) is 11.9. The number of aromatic amines is 1. The molecule has 184 valence electrons. The lowest BCUT2D eigenvalue weighted by Gasteiger charge is -2.14. The van der Waals surface area contributed by atoms with Gasteiger partial charge < -0.3 is 5.11 Å². The molecule has 7 nitrogen and oxygen atoms in total. The lowest BCUT2D eigenvalue weighted by Crippen LogP contribution is -2.40. The van der Waals surface area contributed by atoms with Crippen molar-refractivity contribution in [2.24, 2.45) is 5.92 Å². The predicted molar refractivity (Wildman–Crippen MR) is 136 cm³/mol. The minimum atomic E-state index is -0.546. The van der Waals surface area contributed by atoms with Gasteiger partial charge >= 0.3 is 5.69 Å². The number of benzene rings is 1. The average Bonchev–Trinajstić information content (AvgIpc) is 3.50. The highest BCUT2D eigenvalue weighted by molar-refractivity contribution is 7.19. The van der Waals surface area contributed by atoms with E-state index in [9.17, 15) is 14.7 Å². The van der Waals surface area contributed by atoms with Gasteiger partial charge in [-0.3, -0.25) is 19.0 Å². The molecule has 1 fully saturated rings. The first-order chi connectivity index (χ1) is 16.7. The fraction of sp³-hybridized carbons (Fsp3) is 0.423. The Hall–Kier alpha value is -3.04. The largest absolute Gasteiger partial charge is 0.392 e. The summed E-state index contributed by atoms with van der Waals surface area (Å²) in [6, 6.07) is 4.76. The van der Waals surface area contributed by atoms with E-state index in [4.69, 9.17) is 0 Å². The van der Waals surface area contributed by atoms with Gasteiger partial charge in [0, 0.05) is 51.8 Å². The smallest absolute Gasteiger partial charge is 0.332 e. The van der Waals surface area contributed by atoms with Gasteiger partial charge in [0.25, 0.3) is 5.56 Å². The van der Waals surface area contributed by atoms with Crippen LogP contribution in [0.2, 0.25) is 0 Å². The summed E-state index contributed by atoms with van der Waals surface area (Å²) in [5.74, 6) is -0.363. The van der Waals surface area contributed by atoms with Crippen LogP contribution in [-0.2, 0) is 19.6 Å². The fourth-order valence-corrected chi connectivity index (χ4v) is 6.08. The zero-order valence-corrected chi connectivity index (χ0v) is 21.1. The Balaban J connectivity index is 1.90. The zero-order chi connectivity index (χ0) is 25.0. The standard InChI is InChI=1S/C26H29FN4O3S/c1-13(2)11-30-25-22(24(33)31(26(30)34)17-8-9-17)21(18-7-5-6-16(12-32)23(18)27)20(35-25)10-19-14(3)28-29-15(19)4/h5-7,13,17,32H,8-12H2,1-4H3,(H,28,29). The number of hydrogen-bond acceptors (Lipinski definition) is 5. The van der Waals surface area contributed by atoms with E-state index in [1.165, 1.54) is 22.0 Å². The van der Waals surface area contributed by atoms with E-state index in [1.54, 1.807) is 16.7 Å². The Morgan fingerprint density at radius 1 is 1.26 bits per heavy atom. The van der Waals surface area contributed by atoms with Gasteiger partial charge in [0.2, 0.25) is 0 Å². The van der Waals surface area contributed by atoms with Gasteiger partial charge in [-0.1, -0.05) is 32.0 Å². The second-order valence-electron chi connectivity index (χ2n) is 9.80. The van der Waals surface area contributed by atoms with E-state index in [1.807, 2.05) is 27.7 Å². The minimum Gasteiger partial charge on any atom is -0.392 e. The summed E-state index contributed by atoms with van der Waals surface area (Å²) < 4.78 is 18.7. The number of halogens is 1. The molecule has 0 radical (unpaired) electrons. The molecular formula is C26H29FN4O3S. The molecule has 1 saturated carbocycles. The van der Waals surface area contributed by atoms with E-state index in [-0.39, 0.29) is 34.3 Å². The second kappa shape index (κ2) is 8.87. The molecule has 0 spiro atoms. The molecule has 0 atom stereocenters. The molecule has 1 aliphatic rings. The van der Waals surface area contributed by atoms with Crippen molar-refractivity contribution in [2.75, 3.05) is 0 Å². The molecule has 4 aromatic rings.